The van der Waals surface area contributed by atoms with Crippen LogP contribution in [0.5, 0.6) is 5.75 Å². The standard InChI is InChI=1S/C15H11F6NO/c16-14(17,18)8-23-13-11(5-2-6-12(13)22)9-3-1-4-10(7-9)15(19,20)21/h1-7H,8,22H2. The number of anilines is 1. The van der Waals surface area contributed by atoms with Crippen molar-refractivity contribution in [3.8, 4) is 16.9 Å². The van der Waals surface area contributed by atoms with Gasteiger partial charge in [-0.25, -0.2) is 0 Å². The van der Waals surface area contributed by atoms with Crippen molar-refractivity contribution in [1.29, 1.82) is 0 Å². The van der Waals surface area contributed by atoms with Crippen LogP contribution < -0.4 is 10.5 Å². The predicted octanol–water partition coefficient (Wildman–Crippen LogP) is 4.90. The lowest BCUT2D eigenvalue weighted by Crippen LogP contribution is -2.20. The number of ether oxygens (including phenoxy) is 1. The Hall–Kier alpha value is -2.38. The maximum absolute atomic E-state index is 12.8. The Labute approximate surface area is 127 Å². The molecule has 0 amide bonds. The summed E-state index contributed by atoms with van der Waals surface area (Å²) in [6.07, 6.45) is -9.16. The fourth-order valence-corrected chi connectivity index (χ4v) is 1.96. The Morgan fingerprint density at radius 2 is 1.57 bits per heavy atom. The SMILES string of the molecule is Nc1cccc(-c2cccc(C(F)(F)F)c2)c1OCC(F)(F)F. The normalized spacial score (nSPS) is 12.3. The zero-order valence-corrected chi connectivity index (χ0v) is 11.5. The number of hydrogen-bond donors (Lipinski definition) is 1. The molecule has 0 atom stereocenters. The lowest BCUT2D eigenvalue weighted by atomic mass is 10.0. The second-order valence-electron chi connectivity index (χ2n) is 4.71. The minimum Gasteiger partial charge on any atom is -0.481 e. The van der Waals surface area contributed by atoms with Crippen LogP contribution in [-0.2, 0) is 6.18 Å². The molecule has 0 aromatic heterocycles. The second kappa shape index (κ2) is 6.02. The van der Waals surface area contributed by atoms with Crippen molar-refractivity contribution >= 4 is 5.69 Å². The van der Waals surface area contributed by atoms with E-state index in [0.29, 0.717) is 0 Å². The molecule has 2 aromatic rings. The van der Waals surface area contributed by atoms with Gasteiger partial charge in [0.2, 0.25) is 0 Å². The number of benzene rings is 2. The second-order valence-corrected chi connectivity index (χ2v) is 4.71. The van der Waals surface area contributed by atoms with Crippen molar-refractivity contribution in [2.24, 2.45) is 0 Å². The molecule has 2 rings (SSSR count). The van der Waals surface area contributed by atoms with E-state index < -0.39 is 24.5 Å². The van der Waals surface area contributed by atoms with Gasteiger partial charge in [-0.1, -0.05) is 24.3 Å². The van der Waals surface area contributed by atoms with Gasteiger partial charge in [-0.15, -0.1) is 0 Å². The van der Waals surface area contributed by atoms with Crippen LogP contribution in [0.2, 0.25) is 0 Å². The molecule has 0 heterocycles. The zero-order valence-electron chi connectivity index (χ0n) is 11.5. The van der Waals surface area contributed by atoms with E-state index in [0.717, 1.165) is 18.2 Å². The van der Waals surface area contributed by atoms with Crippen LogP contribution in [0.15, 0.2) is 42.5 Å². The summed E-state index contributed by atoms with van der Waals surface area (Å²) in [5.74, 6) is -0.302. The highest BCUT2D eigenvalue weighted by Crippen LogP contribution is 2.38. The predicted molar refractivity (Wildman–Crippen MR) is 72.8 cm³/mol. The molecule has 8 heteroatoms. The lowest BCUT2D eigenvalue weighted by molar-refractivity contribution is -0.153. The highest BCUT2D eigenvalue weighted by atomic mass is 19.4. The Balaban J connectivity index is 2.46. The average molecular weight is 335 g/mol. The minimum absolute atomic E-state index is 0.0559. The van der Waals surface area contributed by atoms with Crippen molar-refractivity contribution in [3.05, 3.63) is 48.0 Å². The Bertz CT molecular complexity index is 693. The van der Waals surface area contributed by atoms with Gasteiger partial charge < -0.3 is 10.5 Å². The molecule has 124 valence electrons. The number of hydrogen-bond acceptors (Lipinski definition) is 2. The fraction of sp³-hybridized carbons (Fsp3) is 0.200. The topological polar surface area (TPSA) is 35.2 Å². The number of nitrogens with two attached hydrogens (primary N) is 1. The molecule has 0 bridgehead atoms. The van der Waals surface area contributed by atoms with Crippen molar-refractivity contribution < 1.29 is 31.1 Å². The number of nitrogen functional groups attached to an aromatic ring is 1. The van der Waals surface area contributed by atoms with E-state index in [1.807, 2.05) is 0 Å². The van der Waals surface area contributed by atoms with Gasteiger partial charge in [0.1, 0.15) is 5.75 Å². The van der Waals surface area contributed by atoms with Gasteiger partial charge in [-0.2, -0.15) is 26.3 Å². The van der Waals surface area contributed by atoms with Gasteiger partial charge in [0.15, 0.2) is 6.61 Å². The molecule has 0 unspecified atom stereocenters. The van der Waals surface area contributed by atoms with Crippen LogP contribution in [0.4, 0.5) is 32.0 Å². The third-order valence-electron chi connectivity index (χ3n) is 2.93. The molecule has 0 spiro atoms. The quantitative estimate of drug-likeness (QED) is 0.640. The monoisotopic (exact) mass is 335 g/mol. The maximum Gasteiger partial charge on any atom is 0.422 e. The minimum atomic E-state index is -4.59. The van der Waals surface area contributed by atoms with E-state index >= 15 is 0 Å². The van der Waals surface area contributed by atoms with Crippen molar-refractivity contribution in [3.63, 3.8) is 0 Å². The summed E-state index contributed by atoms with van der Waals surface area (Å²) in [7, 11) is 0. The molecule has 0 saturated heterocycles. The smallest absolute Gasteiger partial charge is 0.422 e. The van der Waals surface area contributed by atoms with E-state index in [-0.39, 0.29) is 22.6 Å². The van der Waals surface area contributed by atoms with Gasteiger partial charge in [0, 0.05) is 5.56 Å². The van der Waals surface area contributed by atoms with Crippen LogP contribution in [0.25, 0.3) is 11.1 Å². The Morgan fingerprint density at radius 1 is 0.913 bits per heavy atom. The van der Waals surface area contributed by atoms with E-state index in [1.54, 1.807) is 0 Å². The first-order chi connectivity index (χ1) is 10.6. The Morgan fingerprint density at radius 3 is 2.17 bits per heavy atom. The average Bonchev–Trinajstić information content (AvgIpc) is 2.44. The van der Waals surface area contributed by atoms with E-state index in [9.17, 15) is 26.3 Å². The molecule has 23 heavy (non-hydrogen) atoms. The third-order valence-corrected chi connectivity index (χ3v) is 2.93. The summed E-state index contributed by atoms with van der Waals surface area (Å²) in [5.41, 5.74) is 4.70. The first-order valence-electron chi connectivity index (χ1n) is 6.33. The van der Waals surface area contributed by atoms with E-state index in [1.165, 1.54) is 24.3 Å². The number of alkyl halides is 6. The number of para-hydroxylation sites is 1. The van der Waals surface area contributed by atoms with E-state index in [2.05, 4.69) is 4.74 Å². The first-order valence-corrected chi connectivity index (χ1v) is 6.33. The first kappa shape index (κ1) is 17.0. The van der Waals surface area contributed by atoms with Crippen LogP contribution >= 0.6 is 0 Å². The van der Waals surface area contributed by atoms with Crippen LogP contribution in [0.1, 0.15) is 5.56 Å². The summed E-state index contributed by atoms with van der Waals surface area (Å²) >= 11 is 0. The van der Waals surface area contributed by atoms with Crippen LogP contribution in [0, 0.1) is 0 Å². The molecule has 2 aromatic carbocycles. The van der Waals surface area contributed by atoms with Gasteiger partial charge >= 0.3 is 12.4 Å². The molecule has 0 aliphatic rings. The van der Waals surface area contributed by atoms with E-state index in [4.69, 9.17) is 5.73 Å². The molecule has 0 saturated carbocycles. The van der Waals surface area contributed by atoms with Gasteiger partial charge in [0.25, 0.3) is 0 Å². The van der Waals surface area contributed by atoms with Crippen molar-refractivity contribution in [2.75, 3.05) is 12.3 Å². The summed E-state index contributed by atoms with van der Waals surface area (Å²) in [4.78, 5) is 0. The molecule has 0 fully saturated rings. The summed E-state index contributed by atoms with van der Waals surface area (Å²) < 4.78 is 79.9. The molecule has 0 aliphatic carbocycles. The molecule has 2 N–H and O–H groups in total. The molecule has 0 radical (unpaired) electrons. The third kappa shape index (κ3) is 4.30. The summed E-state index contributed by atoms with van der Waals surface area (Å²) in [6, 6.07) is 8.27. The molecule has 2 nitrogen and oxygen atoms in total. The fourth-order valence-electron chi connectivity index (χ4n) is 1.96. The lowest BCUT2D eigenvalue weighted by Gasteiger charge is -2.16. The van der Waals surface area contributed by atoms with Gasteiger partial charge in [0.05, 0.1) is 11.3 Å². The highest BCUT2D eigenvalue weighted by molar-refractivity contribution is 5.77. The van der Waals surface area contributed by atoms with Crippen LogP contribution in [0.3, 0.4) is 0 Å². The zero-order chi connectivity index (χ0) is 17.3. The van der Waals surface area contributed by atoms with Crippen molar-refractivity contribution in [1.82, 2.24) is 0 Å². The summed E-state index contributed by atoms with van der Waals surface area (Å²) in [6.45, 7) is -1.59. The molecule has 0 aliphatic heterocycles. The number of halogens is 6. The maximum atomic E-state index is 12.8. The van der Waals surface area contributed by atoms with Crippen LogP contribution in [-0.4, -0.2) is 12.8 Å². The summed E-state index contributed by atoms with van der Waals surface area (Å²) in [5, 5.41) is 0. The highest BCUT2D eigenvalue weighted by Gasteiger charge is 2.31. The van der Waals surface area contributed by atoms with Gasteiger partial charge in [-0.05, 0) is 23.8 Å². The number of rotatable bonds is 3. The Kier molecular flexibility index (Phi) is 4.44. The molecular formula is C15H11F6NO. The largest absolute Gasteiger partial charge is 0.481 e. The van der Waals surface area contributed by atoms with Crippen molar-refractivity contribution in [2.45, 2.75) is 12.4 Å². The van der Waals surface area contributed by atoms with Gasteiger partial charge in [-0.3, -0.25) is 0 Å². The molecular weight excluding hydrogens is 324 g/mol.